The predicted molar refractivity (Wildman–Crippen MR) is 76.5 cm³/mol. The van der Waals surface area contributed by atoms with E-state index in [0.29, 0.717) is 30.2 Å². The molecule has 1 rings (SSSR count). The summed E-state index contributed by atoms with van der Waals surface area (Å²) in [7, 11) is 0. The minimum atomic E-state index is -0.306. The minimum absolute atomic E-state index is 0.306. The van der Waals surface area contributed by atoms with Crippen molar-refractivity contribution in [3.05, 3.63) is 22.9 Å². The first-order valence-corrected chi connectivity index (χ1v) is 6.13. The predicted octanol–water partition coefficient (Wildman–Crippen LogP) is 1.01. The number of hydrogen-bond acceptors (Lipinski definition) is 4. The van der Waals surface area contributed by atoms with Crippen LogP contribution in [0.2, 0.25) is 0 Å². The summed E-state index contributed by atoms with van der Waals surface area (Å²) in [6, 6.07) is 1.93. The Labute approximate surface area is 112 Å². The number of nitrogens with one attached hydrogen (secondary N) is 1. The van der Waals surface area contributed by atoms with Gasteiger partial charge in [0.2, 0.25) is 5.91 Å². The molecule has 1 amide bonds. The fraction of sp³-hybridized carbons (Fsp3) is 0.417. The summed E-state index contributed by atoms with van der Waals surface area (Å²) in [5.74, 6) is 0.365. The summed E-state index contributed by atoms with van der Waals surface area (Å²) in [5.41, 5.74) is 13.4. The molecule has 5 N–H and O–H groups in total. The van der Waals surface area contributed by atoms with Crippen LogP contribution in [0.3, 0.4) is 0 Å². The maximum Gasteiger partial charge on any atom is 0.217 e. The molecule has 0 aliphatic heterocycles. The molecule has 98 valence electrons. The first-order chi connectivity index (χ1) is 8.41. The minimum Gasteiger partial charge on any atom is -0.389 e. The largest absolute Gasteiger partial charge is 0.389 e. The third-order valence-corrected chi connectivity index (χ3v) is 2.69. The number of carbonyl (C=O) groups excluding carboxylic acids is 1. The van der Waals surface area contributed by atoms with Crippen LogP contribution in [0, 0.1) is 13.8 Å². The topological polar surface area (TPSA) is 94.0 Å². The van der Waals surface area contributed by atoms with E-state index >= 15 is 0 Å². The molecule has 1 aromatic rings. The van der Waals surface area contributed by atoms with Crippen molar-refractivity contribution < 1.29 is 4.79 Å². The molecule has 0 radical (unpaired) electrons. The van der Waals surface area contributed by atoms with Crippen LogP contribution >= 0.6 is 12.2 Å². The van der Waals surface area contributed by atoms with Gasteiger partial charge in [-0.2, -0.15) is 0 Å². The number of nitrogens with two attached hydrogens (primary N) is 2. The lowest BCUT2D eigenvalue weighted by molar-refractivity contribution is -0.118. The molecule has 5 nitrogen and oxygen atoms in total. The maximum absolute atomic E-state index is 10.6. The Hall–Kier alpha value is -1.69. The number of rotatable bonds is 6. The van der Waals surface area contributed by atoms with Crippen molar-refractivity contribution in [2.45, 2.75) is 26.7 Å². The molecular formula is C12H18N4OS. The van der Waals surface area contributed by atoms with Crippen LogP contribution in [0.4, 0.5) is 5.82 Å². The van der Waals surface area contributed by atoms with Gasteiger partial charge in [0.15, 0.2) is 0 Å². The van der Waals surface area contributed by atoms with Crippen LogP contribution < -0.4 is 16.8 Å². The van der Waals surface area contributed by atoms with Crippen LogP contribution in [0.1, 0.15) is 29.7 Å². The van der Waals surface area contributed by atoms with E-state index in [0.717, 1.165) is 16.8 Å². The average molecular weight is 266 g/mol. The van der Waals surface area contributed by atoms with Gasteiger partial charge in [-0.25, -0.2) is 4.98 Å². The van der Waals surface area contributed by atoms with Crippen molar-refractivity contribution in [1.29, 1.82) is 0 Å². The molecule has 1 heterocycles. The summed E-state index contributed by atoms with van der Waals surface area (Å²) in [4.78, 5) is 15.3. The molecule has 0 aromatic carbocycles. The Bertz CT molecular complexity index is 473. The van der Waals surface area contributed by atoms with Crippen molar-refractivity contribution in [3.8, 4) is 0 Å². The second-order valence-corrected chi connectivity index (χ2v) is 4.60. The fourth-order valence-corrected chi connectivity index (χ4v) is 2.00. The first-order valence-electron chi connectivity index (χ1n) is 5.72. The lowest BCUT2D eigenvalue weighted by Gasteiger charge is -2.13. The second kappa shape index (κ2) is 6.30. The quantitative estimate of drug-likeness (QED) is 0.528. The van der Waals surface area contributed by atoms with Crippen molar-refractivity contribution in [2.75, 3.05) is 11.9 Å². The highest BCUT2D eigenvalue weighted by Crippen LogP contribution is 2.18. The van der Waals surface area contributed by atoms with Crippen molar-refractivity contribution in [3.63, 3.8) is 0 Å². The third kappa shape index (κ3) is 3.96. The number of amides is 1. The lowest BCUT2D eigenvalue weighted by Crippen LogP contribution is -2.18. The van der Waals surface area contributed by atoms with Crippen LogP contribution in [-0.4, -0.2) is 22.4 Å². The Balaban J connectivity index is 2.80. The highest BCUT2D eigenvalue weighted by Gasteiger charge is 2.10. The summed E-state index contributed by atoms with van der Waals surface area (Å²) in [6.07, 6.45) is 1.00. The molecule has 18 heavy (non-hydrogen) atoms. The van der Waals surface area contributed by atoms with E-state index in [9.17, 15) is 4.79 Å². The smallest absolute Gasteiger partial charge is 0.217 e. The van der Waals surface area contributed by atoms with Gasteiger partial charge in [-0.15, -0.1) is 0 Å². The van der Waals surface area contributed by atoms with Gasteiger partial charge in [-0.3, -0.25) is 4.79 Å². The molecule has 0 bridgehead atoms. The number of hydrogen-bond donors (Lipinski definition) is 3. The van der Waals surface area contributed by atoms with Gasteiger partial charge in [-0.1, -0.05) is 12.2 Å². The molecule has 6 heteroatoms. The number of aryl methyl sites for hydroxylation is 2. The van der Waals surface area contributed by atoms with Crippen molar-refractivity contribution in [1.82, 2.24) is 4.98 Å². The van der Waals surface area contributed by atoms with Crippen LogP contribution in [0.25, 0.3) is 0 Å². The monoisotopic (exact) mass is 266 g/mol. The van der Waals surface area contributed by atoms with E-state index in [1.165, 1.54) is 0 Å². The Kier molecular flexibility index (Phi) is 5.03. The van der Waals surface area contributed by atoms with E-state index < -0.39 is 0 Å². The van der Waals surface area contributed by atoms with Crippen molar-refractivity contribution in [2.24, 2.45) is 11.5 Å². The molecule has 0 saturated carbocycles. The number of thiocarbonyl (C=S) groups is 1. The number of pyridine rings is 1. The molecule has 0 fully saturated rings. The van der Waals surface area contributed by atoms with E-state index in [-0.39, 0.29) is 5.91 Å². The van der Waals surface area contributed by atoms with E-state index in [2.05, 4.69) is 10.3 Å². The Morgan fingerprint density at radius 1 is 1.44 bits per heavy atom. The van der Waals surface area contributed by atoms with Gasteiger partial charge < -0.3 is 16.8 Å². The molecular weight excluding hydrogens is 248 g/mol. The number of carbonyl (C=O) groups is 1. The molecule has 0 unspecified atom stereocenters. The van der Waals surface area contributed by atoms with Crippen molar-refractivity contribution >= 4 is 28.9 Å². The van der Waals surface area contributed by atoms with Crippen LogP contribution in [-0.2, 0) is 4.79 Å². The lowest BCUT2D eigenvalue weighted by atomic mass is 10.1. The van der Waals surface area contributed by atoms with Gasteiger partial charge in [0.25, 0.3) is 0 Å². The van der Waals surface area contributed by atoms with Gasteiger partial charge >= 0.3 is 0 Å². The Morgan fingerprint density at radius 3 is 2.67 bits per heavy atom. The summed E-state index contributed by atoms with van der Waals surface area (Å²) >= 11 is 5.02. The fourth-order valence-electron chi connectivity index (χ4n) is 1.75. The van der Waals surface area contributed by atoms with Gasteiger partial charge in [-0.05, 0) is 31.9 Å². The number of anilines is 1. The summed E-state index contributed by atoms with van der Waals surface area (Å²) in [5, 5.41) is 3.15. The zero-order valence-electron chi connectivity index (χ0n) is 10.6. The second-order valence-electron chi connectivity index (χ2n) is 4.17. The van der Waals surface area contributed by atoms with Gasteiger partial charge in [0.05, 0.1) is 5.56 Å². The first kappa shape index (κ1) is 14.4. The number of aromatic nitrogens is 1. The number of primary amides is 1. The summed E-state index contributed by atoms with van der Waals surface area (Å²) < 4.78 is 0. The zero-order chi connectivity index (χ0) is 13.7. The molecule has 1 aromatic heterocycles. The van der Waals surface area contributed by atoms with Crippen LogP contribution in [0.15, 0.2) is 6.07 Å². The molecule has 0 aliphatic rings. The highest BCUT2D eigenvalue weighted by molar-refractivity contribution is 7.80. The van der Waals surface area contributed by atoms with E-state index in [1.807, 2.05) is 19.9 Å². The molecule has 0 atom stereocenters. The maximum atomic E-state index is 10.6. The van der Waals surface area contributed by atoms with Gasteiger partial charge in [0.1, 0.15) is 10.8 Å². The molecule has 0 saturated heterocycles. The third-order valence-electron chi connectivity index (χ3n) is 2.48. The van der Waals surface area contributed by atoms with Crippen LogP contribution in [0.5, 0.6) is 0 Å². The molecule has 0 spiro atoms. The SMILES string of the molecule is Cc1cc(C)c(C(N)=S)c(NCCCC(N)=O)n1. The average Bonchev–Trinajstić information content (AvgIpc) is 2.22. The summed E-state index contributed by atoms with van der Waals surface area (Å²) in [6.45, 7) is 4.46. The van der Waals surface area contributed by atoms with Gasteiger partial charge in [0, 0.05) is 18.7 Å². The normalized spacial score (nSPS) is 10.1. The zero-order valence-corrected chi connectivity index (χ0v) is 11.4. The highest BCUT2D eigenvalue weighted by atomic mass is 32.1. The number of nitrogens with zero attached hydrogens (tertiary/aromatic N) is 1. The van der Waals surface area contributed by atoms with E-state index in [1.54, 1.807) is 0 Å². The Morgan fingerprint density at radius 2 is 2.11 bits per heavy atom. The van der Waals surface area contributed by atoms with E-state index in [4.69, 9.17) is 23.7 Å². The molecule has 0 aliphatic carbocycles. The standard InChI is InChI=1S/C12H18N4OS/c1-7-6-8(2)16-12(10(7)11(14)18)15-5-3-4-9(13)17/h6H,3-5H2,1-2H3,(H2,13,17)(H2,14,18)(H,15,16).